The molecule has 0 aromatic carbocycles. The van der Waals surface area contributed by atoms with E-state index in [9.17, 15) is 4.79 Å². The number of aromatic nitrogens is 2. The summed E-state index contributed by atoms with van der Waals surface area (Å²) in [6.07, 6.45) is 0.941. The van der Waals surface area contributed by atoms with Crippen molar-refractivity contribution in [2.75, 3.05) is 0 Å². The van der Waals surface area contributed by atoms with Gasteiger partial charge in [-0.2, -0.15) is 0 Å². The minimum absolute atomic E-state index is 0.0779. The average molecular weight is 210 g/mol. The van der Waals surface area contributed by atoms with E-state index < -0.39 is 6.10 Å². The highest BCUT2D eigenvalue weighted by atomic mass is 32.1. The molecule has 74 valence electrons. The van der Waals surface area contributed by atoms with Crippen molar-refractivity contribution < 1.29 is 5.11 Å². The first-order valence-electron chi connectivity index (χ1n) is 4.29. The number of thiophene rings is 1. The van der Waals surface area contributed by atoms with Gasteiger partial charge in [-0.05, 0) is 18.4 Å². The van der Waals surface area contributed by atoms with Crippen LogP contribution in [0.1, 0.15) is 6.92 Å². The van der Waals surface area contributed by atoms with Crippen LogP contribution >= 0.6 is 11.3 Å². The van der Waals surface area contributed by atoms with Crippen LogP contribution in [0.5, 0.6) is 0 Å². The van der Waals surface area contributed by atoms with Crippen LogP contribution in [0.15, 0.2) is 22.6 Å². The summed E-state index contributed by atoms with van der Waals surface area (Å²) in [7, 11) is 0. The average Bonchev–Trinajstić information content (AvgIpc) is 2.57. The van der Waals surface area contributed by atoms with Crippen molar-refractivity contribution in [2.24, 2.45) is 0 Å². The minimum atomic E-state index is -0.535. The summed E-state index contributed by atoms with van der Waals surface area (Å²) in [5, 5.41) is 11.0. The van der Waals surface area contributed by atoms with Gasteiger partial charge in [-0.3, -0.25) is 9.36 Å². The first kappa shape index (κ1) is 9.36. The molecule has 2 aromatic rings. The smallest absolute Gasteiger partial charge is 0.271 e. The Kier molecular flexibility index (Phi) is 2.35. The molecular formula is C9H10N2O2S. The van der Waals surface area contributed by atoms with E-state index in [-0.39, 0.29) is 5.56 Å². The van der Waals surface area contributed by atoms with E-state index in [1.165, 1.54) is 22.2 Å². The second-order valence-electron chi connectivity index (χ2n) is 3.19. The zero-order valence-electron chi connectivity index (χ0n) is 7.67. The fraction of sp³-hybridized carbons (Fsp3) is 0.333. The second kappa shape index (κ2) is 3.51. The fourth-order valence-corrected chi connectivity index (χ4v) is 2.09. The van der Waals surface area contributed by atoms with E-state index in [2.05, 4.69) is 4.98 Å². The third-order valence-corrected chi connectivity index (χ3v) is 2.79. The van der Waals surface area contributed by atoms with E-state index in [1.807, 2.05) is 11.4 Å². The summed E-state index contributed by atoms with van der Waals surface area (Å²) in [5.41, 5.74) is 0.646. The molecule has 0 spiro atoms. The molecule has 0 fully saturated rings. The lowest BCUT2D eigenvalue weighted by atomic mass is 10.4. The molecule has 14 heavy (non-hydrogen) atoms. The lowest BCUT2D eigenvalue weighted by Gasteiger charge is -2.06. The maximum Gasteiger partial charge on any atom is 0.271 e. The fourth-order valence-electron chi connectivity index (χ4n) is 1.29. The van der Waals surface area contributed by atoms with Gasteiger partial charge in [-0.15, -0.1) is 11.3 Å². The molecule has 5 heteroatoms. The zero-order valence-corrected chi connectivity index (χ0v) is 8.49. The zero-order chi connectivity index (χ0) is 10.1. The van der Waals surface area contributed by atoms with Gasteiger partial charge >= 0.3 is 0 Å². The maximum absolute atomic E-state index is 11.7. The third kappa shape index (κ3) is 1.56. The summed E-state index contributed by atoms with van der Waals surface area (Å²) < 4.78 is 2.08. The van der Waals surface area contributed by atoms with Crippen LogP contribution in [-0.2, 0) is 6.54 Å². The number of nitrogens with zero attached hydrogens (tertiary/aromatic N) is 2. The normalized spacial score (nSPS) is 13.3. The van der Waals surface area contributed by atoms with Crippen molar-refractivity contribution in [1.29, 1.82) is 0 Å². The maximum atomic E-state index is 11.7. The van der Waals surface area contributed by atoms with Crippen molar-refractivity contribution in [2.45, 2.75) is 19.6 Å². The molecule has 0 saturated heterocycles. The molecule has 2 aromatic heterocycles. The molecule has 2 rings (SSSR count). The van der Waals surface area contributed by atoms with Crippen LogP contribution in [0, 0.1) is 0 Å². The molecule has 1 unspecified atom stereocenters. The van der Waals surface area contributed by atoms with Gasteiger partial charge in [-0.1, -0.05) is 0 Å². The summed E-state index contributed by atoms with van der Waals surface area (Å²) in [6.45, 7) is 1.94. The number of aliphatic hydroxyl groups excluding tert-OH is 1. The van der Waals surface area contributed by atoms with Crippen LogP contribution in [-0.4, -0.2) is 20.8 Å². The van der Waals surface area contributed by atoms with Crippen LogP contribution in [0.3, 0.4) is 0 Å². The van der Waals surface area contributed by atoms with E-state index in [0.29, 0.717) is 11.2 Å². The highest BCUT2D eigenvalue weighted by Gasteiger charge is 2.06. The first-order valence-corrected chi connectivity index (χ1v) is 5.17. The van der Waals surface area contributed by atoms with Crippen molar-refractivity contribution in [3.05, 3.63) is 28.1 Å². The van der Waals surface area contributed by atoms with Crippen molar-refractivity contribution >= 4 is 21.6 Å². The predicted octanol–water partition coefficient (Wildman–Crippen LogP) is 0.839. The van der Waals surface area contributed by atoms with Crippen LogP contribution in [0.2, 0.25) is 0 Å². The quantitative estimate of drug-likeness (QED) is 0.799. The predicted molar refractivity (Wildman–Crippen MR) is 55.6 cm³/mol. The lowest BCUT2D eigenvalue weighted by molar-refractivity contribution is 0.172. The van der Waals surface area contributed by atoms with Gasteiger partial charge < -0.3 is 5.11 Å². The molecule has 0 aliphatic rings. The SMILES string of the molecule is CC(O)Cn1cnc2ccsc2c1=O. The molecule has 0 radical (unpaired) electrons. The second-order valence-corrected chi connectivity index (χ2v) is 4.10. The monoisotopic (exact) mass is 210 g/mol. The Bertz CT molecular complexity index is 501. The van der Waals surface area contributed by atoms with E-state index >= 15 is 0 Å². The summed E-state index contributed by atoms with van der Waals surface area (Å²) in [5.74, 6) is 0. The molecule has 0 saturated carbocycles. The van der Waals surface area contributed by atoms with Gasteiger partial charge in [0.25, 0.3) is 5.56 Å². The lowest BCUT2D eigenvalue weighted by Crippen LogP contribution is -2.24. The molecule has 0 aliphatic carbocycles. The van der Waals surface area contributed by atoms with Crippen molar-refractivity contribution in [1.82, 2.24) is 9.55 Å². The number of hydrogen-bond acceptors (Lipinski definition) is 4. The summed E-state index contributed by atoms with van der Waals surface area (Å²) in [4.78, 5) is 15.9. The van der Waals surface area contributed by atoms with Crippen LogP contribution in [0.4, 0.5) is 0 Å². The van der Waals surface area contributed by atoms with Crippen LogP contribution < -0.4 is 5.56 Å². The van der Waals surface area contributed by atoms with Crippen LogP contribution in [0.25, 0.3) is 10.2 Å². The van der Waals surface area contributed by atoms with Crippen molar-refractivity contribution in [3.63, 3.8) is 0 Å². The molecule has 0 amide bonds. The Morgan fingerprint density at radius 2 is 2.50 bits per heavy atom. The Morgan fingerprint density at radius 1 is 1.71 bits per heavy atom. The Hall–Kier alpha value is -1.20. The summed E-state index contributed by atoms with van der Waals surface area (Å²) >= 11 is 1.38. The van der Waals surface area contributed by atoms with E-state index in [1.54, 1.807) is 6.92 Å². The molecule has 1 atom stereocenters. The van der Waals surface area contributed by atoms with E-state index in [4.69, 9.17) is 5.11 Å². The molecule has 4 nitrogen and oxygen atoms in total. The minimum Gasteiger partial charge on any atom is -0.392 e. The number of hydrogen-bond donors (Lipinski definition) is 1. The van der Waals surface area contributed by atoms with Gasteiger partial charge in [-0.25, -0.2) is 4.98 Å². The largest absolute Gasteiger partial charge is 0.392 e. The number of fused-ring (bicyclic) bond motifs is 1. The standard InChI is InChI=1S/C9H10N2O2S/c1-6(12)4-11-5-10-7-2-3-14-8(7)9(11)13/h2-3,5-6,12H,4H2,1H3. The number of aliphatic hydroxyl groups is 1. The molecule has 0 bridgehead atoms. The molecular weight excluding hydrogens is 200 g/mol. The van der Waals surface area contributed by atoms with E-state index in [0.717, 1.165) is 5.52 Å². The first-order chi connectivity index (χ1) is 6.68. The third-order valence-electron chi connectivity index (χ3n) is 1.90. The van der Waals surface area contributed by atoms with Gasteiger partial charge in [0.05, 0.1) is 24.5 Å². The van der Waals surface area contributed by atoms with Gasteiger partial charge in [0.2, 0.25) is 0 Å². The highest BCUT2D eigenvalue weighted by molar-refractivity contribution is 7.17. The van der Waals surface area contributed by atoms with Crippen molar-refractivity contribution in [3.8, 4) is 0 Å². The Labute approximate surface area is 84.5 Å². The molecule has 0 aliphatic heterocycles. The molecule has 1 N–H and O–H groups in total. The molecule has 2 heterocycles. The van der Waals surface area contributed by atoms with Gasteiger partial charge in [0.1, 0.15) is 4.70 Å². The van der Waals surface area contributed by atoms with Gasteiger partial charge in [0.15, 0.2) is 0 Å². The Balaban J connectivity index is 2.57. The van der Waals surface area contributed by atoms with Gasteiger partial charge in [0, 0.05) is 0 Å². The topological polar surface area (TPSA) is 55.1 Å². The Morgan fingerprint density at radius 3 is 3.21 bits per heavy atom. The number of rotatable bonds is 2. The highest BCUT2D eigenvalue weighted by Crippen LogP contribution is 2.13. The summed E-state index contributed by atoms with van der Waals surface area (Å²) in [6, 6.07) is 1.81.